The summed E-state index contributed by atoms with van der Waals surface area (Å²) >= 11 is 2.56. The van der Waals surface area contributed by atoms with Gasteiger partial charge in [0.1, 0.15) is 16.3 Å². The Kier molecular flexibility index (Phi) is 12.8. The largest absolute Gasteiger partial charge is 0.465 e. The summed E-state index contributed by atoms with van der Waals surface area (Å²) in [7, 11) is 1.29. The number of carbonyl (C=O) groups excluding carboxylic acids is 5. The van der Waals surface area contributed by atoms with Gasteiger partial charge >= 0.3 is 12.1 Å². The summed E-state index contributed by atoms with van der Waals surface area (Å²) in [6.07, 6.45) is 2.04. The summed E-state index contributed by atoms with van der Waals surface area (Å²) in [5.74, 6) is -1.82. The van der Waals surface area contributed by atoms with Crippen molar-refractivity contribution in [3.63, 3.8) is 0 Å². The summed E-state index contributed by atoms with van der Waals surface area (Å²) in [6.45, 7) is 7.91. The first-order valence-corrected chi connectivity index (χ1v) is 18.8. The van der Waals surface area contributed by atoms with Gasteiger partial charge in [-0.25, -0.2) is 9.59 Å². The Bertz CT molecular complexity index is 2010. The van der Waals surface area contributed by atoms with Crippen LogP contribution in [0.15, 0.2) is 95.5 Å². The lowest BCUT2D eigenvalue weighted by Crippen LogP contribution is -2.39. The number of anilines is 2. The minimum Gasteiger partial charge on any atom is -0.465 e. The summed E-state index contributed by atoms with van der Waals surface area (Å²) in [6, 6.07) is 24.9. The first-order chi connectivity index (χ1) is 25.3. The molecule has 0 saturated heterocycles. The van der Waals surface area contributed by atoms with E-state index in [-0.39, 0.29) is 18.1 Å². The molecule has 276 valence electrons. The van der Waals surface area contributed by atoms with E-state index in [2.05, 4.69) is 16.0 Å². The monoisotopic (exact) mass is 754 g/mol. The van der Waals surface area contributed by atoms with Gasteiger partial charge < -0.3 is 30.3 Å². The summed E-state index contributed by atoms with van der Waals surface area (Å²) in [4.78, 5) is 69.1. The molecule has 3 aromatic carbocycles. The topological polar surface area (TPSA) is 143 Å². The number of fused-ring (bicyclic) bond motifs is 1. The van der Waals surface area contributed by atoms with E-state index in [1.165, 1.54) is 30.2 Å². The molecule has 1 unspecified atom stereocenters. The SMILES string of the molecule is CCC(Sc1cccc(NC(=O)/C(=C/c2ccccc2)NC(=O)c2ccccc2)c1)C(=O)Nc1sc2c(c1C(=O)OC)CCN(C(=O)OC(C)(C)C)C2. The number of thiophene rings is 1. The molecule has 5 rings (SSSR count). The zero-order chi connectivity index (χ0) is 38.1. The third-order valence-electron chi connectivity index (χ3n) is 8.01. The first-order valence-electron chi connectivity index (χ1n) is 17.1. The minimum absolute atomic E-state index is 0.0585. The van der Waals surface area contributed by atoms with Crippen molar-refractivity contribution in [2.75, 3.05) is 24.3 Å². The van der Waals surface area contributed by atoms with Crippen molar-refractivity contribution < 1.29 is 33.4 Å². The van der Waals surface area contributed by atoms with Crippen molar-refractivity contribution >= 4 is 69.6 Å². The van der Waals surface area contributed by atoms with Gasteiger partial charge in [-0.1, -0.05) is 61.5 Å². The lowest BCUT2D eigenvalue weighted by atomic mass is 10.0. The number of nitrogens with one attached hydrogen (secondary N) is 3. The number of benzene rings is 3. The van der Waals surface area contributed by atoms with E-state index in [1.54, 1.807) is 80.3 Å². The molecule has 4 aromatic rings. The van der Waals surface area contributed by atoms with E-state index in [0.29, 0.717) is 41.2 Å². The van der Waals surface area contributed by atoms with Crippen LogP contribution in [0.2, 0.25) is 0 Å². The molecule has 3 N–H and O–H groups in total. The second-order valence-corrected chi connectivity index (χ2v) is 15.5. The van der Waals surface area contributed by atoms with Gasteiger partial charge in [0.2, 0.25) is 5.91 Å². The highest BCUT2D eigenvalue weighted by atomic mass is 32.2. The molecule has 11 nitrogen and oxygen atoms in total. The fourth-order valence-corrected chi connectivity index (χ4v) is 7.74. The number of hydrogen-bond donors (Lipinski definition) is 3. The molecule has 0 saturated carbocycles. The van der Waals surface area contributed by atoms with Crippen LogP contribution >= 0.6 is 23.1 Å². The van der Waals surface area contributed by atoms with Gasteiger partial charge in [-0.05, 0) is 81.1 Å². The minimum atomic E-state index is -0.649. The number of rotatable bonds is 11. The van der Waals surface area contributed by atoms with Crippen molar-refractivity contribution in [1.82, 2.24) is 10.2 Å². The fourth-order valence-electron chi connectivity index (χ4n) is 5.47. The van der Waals surface area contributed by atoms with E-state index in [4.69, 9.17) is 9.47 Å². The van der Waals surface area contributed by atoms with Gasteiger partial charge in [0.05, 0.1) is 24.5 Å². The number of carbonyl (C=O) groups is 5. The maximum atomic E-state index is 13.7. The van der Waals surface area contributed by atoms with Crippen LogP contribution in [0.4, 0.5) is 15.5 Å². The number of esters is 1. The molecule has 13 heteroatoms. The highest BCUT2D eigenvalue weighted by Crippen LogP contribution is 2.39. The van der Waals surface area contributed by atoms with E-state index in [9.17, 15) is 24.0 Å². The summed E-state index contributed by atoms with van der Waals surface area (Å²) < 4.78 is 10.6. The van der Waals surface area contributed by atoms with Crippen LogP contribution in [0.1, 0.15) is 70.8 Å². The second kappa shape index (κ2) is 17.4. The lowest BCUT2D eigenvalue weighted by molar-refractivity contribution is -0.116. The number of thioether (sulfide) groups is 1. The van der Waals surface area contributed by atoms with Crippen LogP contribution in [0, 0.1) is 0 Å². The Labute approximate surface area is 317 Å². The smallest absolute Gasteiger partial charge is 0.410 e. The molecule has 0 bridgehead atoms. The van der Waals surface area contributed by atoms with Gasteiger partial charge in [0.15, 0.2) is 0 Å². The van der Waals surface area contributed by atoms with Crippen LogP contribution in [-0.2, 0) is 32.0 Å². The molecule has 0 fully saturated rings. The van der Waals surface area contributed by atoms with Crippen molar-refractivity contribution in [3.8, 4) is 0 Å². The van der Waals surface area contributed by atoms with Crippen molar-refractivity contribution in [3.05, 3.63) is 118 Å². The predicted octanol–water partition coefficient (Wildman–Crippen LogP) is 7.75. The molecule has 0 radical (unpaired) electrons. The summed E-state index contributed by atoms with van der Waals surface area (Å²) in [5, 5.41) is 8.39. The second-order valence-electron chi connectivity index (χ2n) is 13.1. The normalized spacial score (nSPS) is 13.3. The number of methoxy groups -OCH3 is 1. The lowest BCUT2D eigenvalue weighted by Gasteiger charge is -2.30. The third kappa shape index (κ3) is 10.4. The molecule has 0 aliphatic carbocycles. The Morgan fingerprint density at radius 2 is 1.64 bits per heavy atom. The van der Waals surface area contributed by atoms with Gasteiger partial charge in [-0.3, -0.25) is 14.4 Å². The van der Waals surface area contributed by atoms with Gasteiger partial charge in [-0.2, -0.15) is 0 Å². The molecule has 1 atom stereocenters. The average molecular weight is 755 g/mol. The molecular formula is C40H42N4O7S2. The van der Waals surface area contributed by atoms with Gasteiger partial charge in [0, 0.05) is 27.6 Å². The van der Waals surface area contributed by atoms with Crippen LogP contribution in [-0.4, -0.2) is 59.2 Å². The molecule has 53 heavy (non-hydrogen) atoms. The van der Waals surface area contributed by atoms with Crippen LogP contribution in [0.25, 0.3) is 6.08 Å². The molecule has 0 spiro atoms. The first kappa shape index (κ1) is 38.8. The van der Waals surface area contributed by atoms with E-state index in [0.717, 1.165) is 20.9 Å². The standard InChI is InChI=1S/C40H42N4O7S2/c1-6-31(36(47)43-37-33(38(48)50-5)29-20-21-44(24-32(29)53-37)39(49)51-40(2,3)4)52-28-19-13-18-27(23-28)41-35(46)30(22-25-14-9-7-10-15-25)42-34(45)26-16-11-8-12-17-26/h7-19,22-23,31H,6,20-21,24H2,1-5H3,(H,41,46)(H,42,45)(H,43,47)/b30-22-. The summed E-state index contributed by atoms with van der Waals surface area (Å²) in [5.41, 5.74) is 2.07. The zero-order valence-corrected chi connectivity index (χ0v) is 31.8. The van der Waals surface area contributed by atoms with Gasteiger partial charge in [-0.15, -0.1) is 23.1 Å². The Balaban J connectivity index is 1.30. The van der Waals surface area contributed by atoms with Crippen molar-refractivity contribution in [2.45, 2.75) is 62.8 Å². The van der Waals surface area contributed by atoms with E-state index < -0.39 is 34.7 Å². The maximum absolute atomic E-state index is 13.7. The Morgan fingerprint density at radius 1 is 0.943 bits per heavy atom. The van der Waals surface area contributed by atoms with E-state index >= 15 is 0 Å². The van der Waals surface area contributed by atoms with Crippen molar-refractivity contribution in [2.24, 2.45) is 0 Å². The molecule has 1 aliphatic rings. The Morgan fingerprint density at radius 3 is 2.30 bits per heavy atom. The predicted molar refractivity (Wildman–Crippen MR) is 208 cm³/mol. The molecule has 1 aliphatic heterocycles. The number of hydrogen-bond acceptors (Lipinski definition) is 9. The highest BCUT2D eigenvalue weighted by Gasteiger charge is 2.33. The van der Waals surface area contributed by atoms with Crippen LogP contribution in [0.5, 0.6) is 0 Å². The quantitative estimate of drug-likeness (QED) is 0.0802. The number of ether oxygens (including phenoxy) is 2. The maximum Gasteiger partial charge on any atom is 0.410 e. The molecular weight excluding hydrogens is 713 g/mol. The average Bonchev–Trinajstić information content (AvgIpc) is 3.50. The van der Waals surface area contributed by atoms with Gasteiger partial charge in [0.25, 0.3) is 11.8 Å². The van der Waals surface area contributed by atoms with Crippen molar-refractivity contribution in [1.29, 1.82) is 0 Å². The highest BCUT2D eigenvalue weighted by molar-refractivity contribution is 8.00. The fraction of sp³-hybridized carbons (Fsp3) is 0.275. The van der Waals surface area contributed by atoms with Crippen LogP contribution in [0.3, 0.4) is 0 Å². The van der Waals surface area contributed by atoms with Crippen LogP contribution < -0.4 is 16.0 Å². The Hall–Kier alpha value is -5.40. The molecule has 1 aromatic heterocycles. The van der Waals surface area contributed by atoms with E-state index in [1.807, 2.05) is 43.3 Å². The molecule has 2 heterocycles. The third-order valence-corrected chi connectivity index (χ3v) is 10.5. The molecule has 4 amide bonds. The number of amides is 4. The zero-order valence-electron chi connectivity index (χ0n) is 30.2. The number of nitrogens with zero attached hydrogens (tertiary/aromatic N) is 1.